The van der Waals surface area contributed by atoms with Crippen molar-refractivity contribution in [3.8, 4) is 0 Å². The van der Waals surface area contributed by atoms with Crippen molar-refractivity contribution in [1.82, 2.24) is 14.8 Å². The predicted octanol–water partition coefficient (Wildman–Crippen LogP) is 3.39. The predicted molar refractivity (Wildman–Crippen MR) is 123 cm³/mol. The molecule has 0 saturated carbocycles. The van der Waals surface area contributed by atoms with Crippen molar-refractivity contribution < 1.29 is 37.3 Å². The molecular weight excluding hydrogens is 467 g/mol. The number of amides is 1. The van der Waals surface area contributed by atoms with Gasteiger partial charge in [0.25, 0.3) is 5.91 Å². The van der Waals surface area contributed by atoms with Crippen molar-refractivity contribution in [2.45, 2.75) is 31.0 Å². The minimum Gasteiger partial charge on any atom is -0.475 e. The number of H-pyrrole nitrogens is 1. The number of likely N-dealkylation sites (tertiary alicyclic amines) is 1. The summed E-state index contributed by atoms with van der Waals surface area (Å²) in [5.41, 5.74) is 1.66. The fourth-order valence-corrected chi connectivity index (χ4v) is 4.76. The van der Waals surface area contributed by atoms with Crippen molar-refractivity contribution in [1.29, 1.82) is 0 Å². The van der Waals surface area contributed by atoms with Crippen LogP contribution in [-0.2, 0) is 14.3 Å². The highest BCUT2D eigenvalue weighted by molar-refractivity contribution is 5.98. The van der Waals surface area contributed by atoms with Gasteiger partial charge < -0.3 is 29.4 Å². The first kappa shape index (κ1) is 27.0. The number of alkyl halides is 3. The molecule has 3 heterocycles. The van der Waals surface area contributed by atoms with Crippen LogP contribution in [0.5, 0.6) is 0 Å². The fourth-order valence-electron chi connectivity index (χ4n) is 4.76. The van der Waals surface area contributed by atoms with Crippen molar-refractivity contribution in [3.63, 3.8) is 0 Å². The summed E-state index contributed by atoms with van der Waals surface area (Å²) in [6.45, 7) is 5.01. The van der Waals surface area contributed by atoms with E-state index in [9.17, 15) is 18.0 Å². The van der Waals surface area contributed by atoms with E-state index in [-0.39, 0.29) is 11.5 Å². The number of nitrogens with one attached hydrogen (secondary N) is 1. The number of hydrogen-bond acceptors (Lipinski definition) is 5. The Morgan fingerprint density at radius 2 is 2.09 bits per heavy atom. The van der Waals surface area contributed by atoms with Gasteiger partial charge in [0.1, 0.15) is 0 Å². The summed E-state index contributed by atoms with van der Waals surface area (Å²) in [7, 11) is 3.88. The number of carbonyl (C=O) groups excluding carboxylic acids is 1. The van der Waals surface area contributed by atoms with Crippen LogP contribution in [0.1, 0.15) is 29.6 Å². The molecule has 4 rings (SSSR count). The highest BCUT2D eigenvalue weighted by atomic mass is 19.4. The first-order valence-corrected chi connectivity index (χ1v) is 11.5. The Balaban J connectivity index is 0.000000429. The van der Waals surface area contributed by atoms with E-state index >= 15 is 0 Å². The molecule has 0 aliphatic carbocycles. The number of hydrogen-bond donors (Lipinski definition) is 2. The lowest BCUT2D eigenvalue weighted by Crippen LogP contribution is -2.50. The molecular formula is C24H32F3N3O5. The lowest BCUT2D eigenvalue weighted by molar-refractivity contribution is -0.192. The number of nitrogens with zero attached hydrogens (tertiary/aromatic N) is 2. The molecule has 2 aliphatic rings. The Labute approximate surface area is 202 Å². The molecule has 194 valence electrons. The van der Waals surface area contributed by atoms with Gasteiger partial charge in [-0.1, -0.05) is 0 Å². The zero-order chi connectivity index (χ0) is 25.6. The minimum absolute atomic E-state index is 0.117. The van der Waals surface area contributed by atoms with Crippen molar-refractivity contribution in [2.75, 3.05) is 53.6 Å². The lowest BCUT2D eigenvalue weighted by Gasteiger charge is -2.40. The van der Waals surface area contributed by atoms with Gasteiger partial charge >= 0.3 is 12.1 Å². The Bertz CT molecular complexity index is 1010. The maximum atomic E-state index is 13.1. The zero-order valence-corrected chi connectivity index (χ0v) is 19.9. The van der Waals surface area contributed by atoms with Crippen LogP contribution < -0.4 is 0 Å². The van der Waals surface area contributed by atoms with Gasteiger partial charge in [0.15, 0.2) is 0 Å². The number of benzene rings is 1. The number of carboxylic acids is 1. The van der Waals surface area contributed by atoms with Gasteiger partial charge in [0, 0.05) is 56.0 Å². The Kier molecular flexibility index (Phi) is 8.79. The average molecular weight is 500 g/mol. The summed E-state index contributed by atoms with van der Waals surface area (Å²) in [6.07, 6.45) is -0.0911. The van der Waals surface area contributed by atoms with E-state index in [0.717, 1.165) is 68.6 Å². The number of halogens is 3. The number of carboxylic acid groups (broad SMARTS) is 1. The van der Waals surface area contributed by atoms with E-state index in [2.05, 4.69) is 16.9 Å². The molecule has 0 bridgehead atoms. The largest absolute Gasteiger partial charge is 0.490 e. The molecule has 1 amide bonds. The molecule has 11 heteroatoms. The molecule has 1 aromatic carbocycles. The second-order valence-electron chi connectivity index (χ2n) is 9.23. The third-order valence-corrected chi connectivity index (χ3v) is 6.40. The van der Waals surface area contributed by atoms with Gasteiger partial charge in [0.2, 0.25) is 0 Å². The van der Waals surface area contributed by atoms with Crippen LogP contribution in [0.3, 0.4) is 0 Å². The number of carbonyl (C=O) groups is 2. The number of aromatic nitrogens is 1. The summed E-state index contributed by atoms with van der Waals surface area (Å²) in [5, 5.41) is 8.20. The molecule has 8 nitrogen and oxygen atoms in total. The molecule has 0 radical (unpaired) electrons. The highest BCUT2D eigenvalue weighted by Crippen LogP contribution is 2.38. The number of rotatable bonds is 6. The first-order chi connectivity index (χ1) is 16.5. The maximum Gasteiger partial charge on any atom is 0.490 e. The van der Waals surface area contributed by atoms with Gasteiger partial charge in [-0.25, -0.2) is 4.79 Å². The van der Waals surface area contributed by atoms with Gasteiger partial charge in [0.05, 0.1) is 18.8 Å². The van der Waals surface area contributed by atoms with Gasteiger partial charge in [-0.15, -0.1) is 0 Å². The quantitative estimate of drug-likeness (QED) is 0.633. The van der Waals surface area contributed by atoms with E-state index < -0.39 is 12.1 Å². The minimum atomic E-state index is -5.08. The third kappa shape index (κ3) is 7.18. The molecule has 1 aromatic heterocycles. The monoisotopic (exact) mass is 499 g/mol. The Morgan fingerprint density at radius 1 is 1.34 bits per heavy atom. The van der Waals surface area contributed by atoms with Gasteiger partial charge in [-0.2, -0.15) is 13.2 Å². The zero-order valence-electron chi connectivity index (χ0n) is 19.9. The number of aromatic amines is 1. The van der Waals surface area contributed by atoms with Crippen molar-refractivity contribution >= 4 is 22.8 Å². The molecule has 2 atom stereocenters. The lowest BCUT2D eigenvalue weighted by atomic mass is 9.86. The Hall–Kier alpha value is -2.63. The van der Waals surface area contributed by atoms with E-state index in [0.29, 0.717) is 12.5 Å². The third-order valence-electron chi connectivity index (χ3n) is 6.40. The number of fused-ring (bicyclic) bond motifs is 1. The summed E-state index contributed by atoms with van der Waals surface area (Å²) >= 11 is 0. The van der Waals surface area contributed by atoms with Crippen LogP contribution in [-0.4, -0.2) is 97.1 Å². The smallest absolute Gasteiger partial charge is 0.475 e. The summed E-state index contributed by atoms with van der Waals surface area (Å²) in [4.78, 5) is 29.5. The first-order valence-electron chi connectivity index (χ1n) is 11.5. The normalized spacial score (nSPS) is 22.5. The van der Waals surface area contributed by atoms with E-state index in [1.165, 1.54) is 0 Å². The Morgan fingerprint density at radius 3 is 2.77 bits per heavy atom. The van der Waals surface area contributed by atoms with E-state index in [1.807, 2.05) is 35.4 Å². The molecule has 2 aliphatic heterocycles. The summed E-state index contributed by atoms with van der Waals surface area (Å²) < 4.78 is 43.2. The van der Waals surface area contributed by atoms with Crippen molar-refractivity contribution in [2.24, 2.45) is 5.92 Å². The van der Waals surface area contributed by atoms with Crippen LogP contribution in [0.4, 0.5) is 13.2 Å². The van der Waals surface area contributed by atoms with Crippen LogP contribution in [0, 0.1) is 5.92 Å². The van der Waals surface area contributed by atoms with Crippen LogP contribution in [0.2, 0.25) is 0 Å². The van der Waals surface area contributed by atoms with E-state index in [1.54, 1.807) is 7.11 Å². The van der Waals surface area contributed by atoms with Crippen molar-refractivity contribution in [3.05, 3.63) is 36.0 Å². The second-order valence-corrected chi connectivity index (χ2v) is 9.23. The number of likely N-dealkylation sites (N-methyl/N-ethyl adjacent to an activating group) is 1. The van der Waals surface area contributed by atoms with Crippen LogP contribution in [0.25, 0.3) is 10.9 Å². The highest BCUT2D eigenvalue weighted by Gasteiger charge is 2.44. The molecule has 2 saturated heterocycles. The topological polar surface area (TPSA) is 95.1 Å². The van der Waals surface area contributed by atoms with Crippen LogP contribution >= 0.6 is 0 Å². The number of aliphatic carboxylic acids is 1. The van der Waals surface area contributed by atoms with Crippen LogP contribution in [0.15, 0.2) is 30.5 Å². The molecule has 2 N–H and O–H groups in total. The summed E-state index contributed by atoms with van der Waals surface area (Å²) in [5.74, 6) is -2.12. The maximum absolute atomic E-state index is 13.1. The van der Waals surface area contributed by atoms with Gasteiger partial charge in [-0.3, -0.25) is 4.79 Å². The van der Waals surface area contributed by atoms with Gasteiger partial charge in [-0.05, 0) is 56.5 Å². The average Bonchev–Trinajstić information content (AvgIpc) is 3.43. The number of ether oxygens (including phenoxy) is 2. The fraction of sp³-hybridized carbons (Fsp3) is 0.583. The standard InChI is InChI=1S/C22H31N3O3.C2HF3O2/c1-24(10-11-27-2)14-17-13-22(28-15-17)7-3-9-25(16-22)21(26)19-4-5-20-18(12-19)6-8-23-20;3-2(4,5)1(6)7/h4-6,8,12,17,23H,3,7,9-11,13-16H2,1-2H3;(H,6,7). The molecule has 35 heavy (non-hydrogen) atoms. The number of methoxy groups -OCH3 is 1. The number of piperidine rings is 1. The van der Waals surface area contributed by atoms with E-state index in [4.69, 9.17) is 19.4 Å². The molecule has 2 fully saturated rings. The molecule has 2 aromatic rings. The SMILES string of the molecule is COCCN(C)CC1COC2(CCCN(C(=O)c3ccc4[nH]ccc4c3)C2)C1.O=C(O)C(F)(F)F. The molecule has 1 spiro atoms. The second kappa shape index (κ2) is 11.4. The summed E-state index contributed by atoms with van der Waals surface area (Å²) in [6, 6.07) is 7.90. The molecule has 2 unspecified atom stereocenters.